The molecule has 2 rings (SSSR count). The van der Waals surface area contributed by atoms with E-state index in [-0.39, 0.29) is 5.54 Å². The molecule has 2 aromatic heterocycles. The van der Waals surface area contributed by atoms with E-state index in [0.29, 0.717) is 11.6 Å². The van der Waals surface area contributed by atoms with Gasteiger partial charge in [0.2, 0.25) is 0 Å². The van der Waals surface area contributed by atoms with Crippen LogP contribution in [0.4, 0.5) is 0 Å². The monoisotopic (exact) mass is 264 g/mol. The van der Waals surface area contributed by atoms with Gasteiger partial charge in [0.25, 0.3) is 0 Å². The molecule has 0 bridgehead atoms. The minimum atomic E-state index is 0.0540. The third kappa shape index (κ3) is 3.31. The Balaban J connectivity index is 2.22. The zero-order valence-electron chi connectivity index (χ0n) is 10.8. The van der Waals surface area contributed by atoms with Gasteiger partial charge < -0.3 is 5.32 Å². The second-order valence-corrected chi connectivity index (χ2v) is 5.60. The number of nitrogens with one attached hydrogen (secondary N) is 1. The van der Waals surface area contributed by atoms with Gasteiger partial charge in [0.05, 0.1) is 5.02 Å². The highest BCUT2D eigenvalue weighted by Gasteiger charge is 2.11. The second-order valence-electron chi connectivity index (χ2n) is 5.19. The predicted molar refractivity (Wildman–Crippen MR) is 73.0 cm³/mol. The Kier molecular flexibility index (Phi) is 3.68. The van der Waals surface area contributed by atoms with Gasteiger partial charge in [-0.25, -0.2) is 9.67 Å². The molecule has 2 heterocycles. The first kappa shape index (κ1) is 13.1. The van der Waals surface area contributed by atoms with Gasteiger partial charge in [-0.3, -0.25) is 0 Å². The van der Waals surface area contributed by atoms with Crippen molar-refractivity contribution in [3.8, 4) is 5.82 Å². The average molecular weight is 265 g/mol. The molecule has 0 atom stereocenters. The maximum atomic E-state index is 6.15. The molecule has 0 radical (unpaired) electrons. The van der Waals surface area contributed by atoms with Crippen LogP contribution in [0.25, 0.3) is 5.82 Å². The lowest BCUT2D eigenvalue weighted by molar-refractivity contribution is 0.424. The van der Waals surface area contributed by atoms with Crippen LogP contribution in [0.15, 0.2) is 30.7 Å². The van der Waals surface area contributed by atoms with Crippen LogP contribution < -0.4 is 5.32 Å². The van der Waals surface area contributed by atoms with Crippen molar-refractivity contribution >= 4 is 11.6 Å². The Morgan fingerprint density at radius 3 is 2.78 bits per heavy atom. The van der Waals surface area contributed by atoms with E-state index >= 15 is 0 Å². The van der Waals surface area contributed by atoms with Crippen LogP contribution in [-0.4, -0.2) is 20.3 Å². The highest BCUT2D eigenvalue weighted by Crippen LogP contribution is 2.18. The summed E-state index contributed by atoms with van der Waals surface area (Å²) in [6.07, 6.45) is 5.25. The maximum absolute atomic E-state index is 6.15. The molecule has 0 amide bonds. The smallest absolute Gasteiger partial charge is 0.153 e. The van der Waals surface area contributed by atoms with Gasteiger partial charge in [-0.2, -0.15) is 5.10 Å². The van der Waals surface area contributed by atoms with Crippen molar-refractivity contribution < 1.29 is 0 Å². The topological polar surface area (TPSA) is 42.7 Å². The number of hydrogen-bond acceptors (Lipinski definition) is 3. The summed E-state index contributed by atoms with van der Waals surface area (Å²) in [4.78, 5) is 4.27. The first-order valence-electron chi connectivity index (χ1n) is 5.85. The lowest BCUT2D eigenvalue weighted by Gasteiger charge is -2.21. The molecule has 0 unspecified atom stereocenters. The summed E-state index contributed by atoms with van der Waals surface area (Å²) in [5.41, 5.74) is 1.07. The summed E-state index contributed by atoms with van der Waals surface area (Å²) in [5, 5.41) is 8.24. The normalized spacial score (nSPS) is 11.8. The van der Waals surface area contributed by atoms with Crippen LogP contribution in [0.5, 0.6) is 0 Å². The molecular weight excluding hydrogens is 248 g/mol. The summed E-state index contributed by atoms with van der Waals surface area (Å²) in [7, 11) is 0. The predicted octanol–water partition coefficient (Wildman–Crippen LogP) is 2.81. The number of nitrogens with zero attached hydrogens (tertiary/aromatic N) is 3. The Labute approximate surface area is 112 Å². The lowest BCUT2D eigenvalue weighted by atomic mass is 10.1. The quantitative estimate of drug-likeness (QED) is 0.927. The van der Waals surface area contributed by atoms with E-state index in [1.54, 1.807) is 17.1 Å². The standard InChI is InChI=1S/C13H17ClN4/c1-13(2,3)16-8-10-7-12(15-9-11(10)14)18-6-4-5-17-18/h4-7,9,16H,8H2,1-3H3. The van der Waals surface area contributed by atoms with Crippen LogP contribution in [0, 0.1) is 0 Å². The van der Waals surface area contributed by atoms with Crippen molar-refractivity contribution in [1.29, 1.82) is 0 Å². The first-order valence-corrected chi connectivity index (χ1v) is 6.23. The van der Waals surface area contributed by atoms with Gasteiger partial charge in [0.1, 0.15) is 0 Å². The molecule has 4 nitrogen and oxygen atoms in total. The van der Waals surface area contributed by atoms with E-state index in [1.165, 1.54) is 0 Å². The van der Waals surface area contributed by atoms with Gasteiger partial charge in [0.15, 0.2) is 5.82 Å². The summed E-state index contributed by atoms with van der Waals surface area (Å²) >= 11 is 6.15. The fourth-order valence-electron chi connectivity index (χ4n) is 1.49. The molecule has 0 aliphatic heterocycles. The van der Waals surface area contributed by atoms with E-state index in [0.717, 1.165) is 11.4 Å². The molecule has 0 saturated heterocycles. The number of halogens is 1. The van der Waals surface area contributed by atoms with Crippen molar-refractivity contribution in [2.75, 3.05) is 0 Å². The molecule has 5 heteroatoms. The van der Waals surface area contributed by atoms with E-state index in [2.05, 4.69) is 36.2 Å². The van der Waals surface area contributed by atoms with Crippen LogP contribution >= 0.6 is 11.6 Å². The SMILES string of the molecule is CC(C)(C)NCc1cc(-n2cccn2)ncc1Cl. The molecule has 0 saturated carbocycles. The number of aromatic nitrogens is 3. The van der Waals surface area contributed by atoms with Gasteiger partial charge in [-0.1, -0.05) is 11.6 Å². The Morgan fingerprint density at radius 2 is 2.17 bits per heavy atom. The largest absolute Gasteiger partial charge is 0.308 e. The average Bonchev–Trinajstić information content (AvgIpc) is 2.80. The molecule has 0 aliphatic carbocycles. The molecule has 18 heavy (non-hydrogen) atoms. The van der Waals surface area contributed by atoms with Crippen molar-refractivity contribution in [2.45, 2.75) is 32.9 Å². The molecule has 2 aromatic rings. The molecule has 0 aliphatic rings. The molecule has 1 N–H and O–H groups in total. The van der Waals surface area contributed by atoms with Gasteiger partial charge in [-0.15, -0.1) is 0 Å². The van der Waals surface area contributed by atoms with Crippen molar-refractivity contribution in [3.63, 3.8) is 0 Å². The molecule has 96 valence electrons. The zero-order valence-corrected chi connectivity index (χ0v) is 11.6. The fraction of sp³-hybridized carbons (Fsp3) is 0.385. The lowest BCUT2D eigenvalue weighted by Crippen LogP contribution is -2.35. The van der Waals surface area contributed by atoms with E-state index in [9.17, 15) is 0 Å². The third-order valence-electron chi connectivity index (χ3n) is 2.47. The Bertz CT molecular complexity index is 514. The van der Waals surface area contributed by atoms with Gasteiger partial charge in [-0.05, 0) is 38.5 Å². The van der Waals surface area contributed by atoms with Gasteiger partial charge in [0, 0.05) is 30.7 Å². The Morgan fingerprint density at radius 1 is 1.39 bits per heavy atom. The molecular formula is C13H17ClN4. The third-order valence-corrected chi connectivity index (χ3v) is 2.81. The summed E-state index contributed by atoms with van der Waals surface area (Å²) in [5.74, 6) is 0.773. The van der Waals surface area contributed by atoms with E-state index < -0.39 is 0 Å². The van der Waals surface area contributed by atoms with Crippen LogP contribution in [0.2, 0.25) is 5.02 Å². The van der Waals surface area contributed by atoms with Crippen LogP contribution in [-0.2, 0) is 6.54 Å². The minimum absolute atomic E-state index is 0.0540. The maximum Gasteiger partial charge on any atom is 0.153 e. The van der Waals surface area contributed by atoms with Crippen molar-refractivity contribution in [2.24, 2.45) is 0 Å². The molecule has 0 aromatic carbocycles. The van der Waals surface area contributed by atoms with Crippen LogP contribution in [0.1, 0.15) is 26.3 Å². The zero-order chi connectivity index (χ0) is 13.2. The summed E-state index contributed by atoms with van der Waals surface area (Å²) < 4.78 is 1.72. The minimum Gasteiger partial charge on any atom is -0.308 e. The highest BCUT2D eigenvalue weighted by molar-refractivity contribution is 6.31. The van der Waals surface area contributed by atoms with E-state index in [1.807, 2.05) is 18.3 Å². The number of pyridine rings is 1. The van der Waals surface area contributed by atoms with Gasteiger partial charge >= 0.3 is 0 Å². The number of hydrogen-bond donors (Lipinski definition) is 1. The first-order chi connectivity index (χ1) is 8.46. The van der Waals surface area contributed by atoms with Crippen molar-refractivity contribution in [1.82, 2.24) is 20.1 Å². The number of rotatable bonds is 3. The summed E-state index contributed by atoms with van der Waals surface area (Å²) in [6.45, 7) is 7.07. The fourth-order valence-corrected chi connectivity index (χ4v) is 1.66. The molecule has 0 spiro atoms. The van der Waals surface area contributed by atoms with Crippen LogP contribution in [0.3, 0.4) is 0 Å². The summed E-state index contributed by atoms with van der Waals surface area (Å²) in [6, 6.07) is 3.82. The highest BCUT2D eigenvalue weighted by atomic mass is 35.5. The Hall–Kier alpha value is -1.39. The molecule has 0 fully saturated rings. The van der Waals surface area contributed by atoms with Crippen molar-refractivity contribution in [3.05, 3.63) is 41.3 Å². The van der Waals surface area contributed by atoms with E-state index in [4.69, 9.17) is 11.6 Å². The second kappa shape index (κ2) is 5.08.